The molecule has 0 fully saturated rings. The van der Waals surface area contributed by atoms with Gasteiger partial charge in [-0.15, -0.1) is 0 Å². The summed E-state index contributed by atoms with van der Waals surface area (Å²) in [6.07, 6.45) is 1.72. The van der Waals surface area contributed by atoms with Crippen molar-refractivity contribution in [2.45, 2.75) is 39.2 Å². The second-order valence-corrected chi connectivity index (χ2v) is 7.36. The van der Waals surface area contributed by atoms with Gasteiger partial charge in [-0.1, -0.05) is 11.6 Å². The van der Waals surface area contributed by atoms with Crippen LogP contribution in [0.2, 0.25) is 5.02 Å². The molecule has 2 rings (SSSR count). The highest BCUT2D eigenvalue weighted by Gasteiger charge is 2.17. The minimum absolute atomic E-state index is 0.0396. The molecule has 0 saturated carbocycles. The normalized spacial score (nSPS) is 11.2. The second kappa shape index (κ2) is 7.66. The summed E-state index contributed by atoms with van der Waals surface area (Å²) in [7, 11) is 0. The van der Waals surface area contributed by atoms with Gasteiger partial charge in [0.25, 0.3) is 5.91 Å². The summed E-state index contributed by atoms with van der Waals surface area (Å²) in [5.74, 6) is -0.335. The van der Waals surface area contributed by atoms with Crippen molar-refractivity contribution in [1.82, 2.24) is 10.3 Å². The molecule has 0 unspecified atom stereocenters. The maximum Gasteiger partial charge on any atom is 0.270 e. The van der Waals surface area contributed by atoms with Crippen molar-refractivity contribution in [2.75, 3.05) is 0 Å². The summed E-state index contributed by atoms with van der Waals surface area (Å²) in [5.41, 5.74) is 1.08. The topological polar surface area (TPSA) is 79.3 Å². The minimum atomic E-state index is -0.366. The van der Waals surface area contributed by atoms with Crippen molar-refractivity contribution in [3.8, 4) is 5.75 Å². The first-order valence-electron chi connectivity index (χ1n) is 7.90. The van der Waals surface area contributed by atoms with E-state index in [1.165, 1.54) is 12.3 Å². The molecule has 6 heteroatoms. The van der Waals surface area contributed by atoms with Crippen LogP contribution in [0.4, 0.5) is 0 Å². The number of nitrogens with one attached hydrogen (secondary N) is 1. The van der Waals surface area contributed by atoms with Crippen LogP contribution in [-0.4, -0.2) is 27.3 Å². The average molecular weight is 361 g/mol. The number of Topliss-reactive ketones (excluding diaryl/α,β-unsaturated/α-hetero) is 1. The number of hydrogen-bond donors (Lipinski definition) is 2. The number of hydrogen-bond acceptors (Lipinski definition) is 4. The number of carbonyl (C=O) groups is 2. The van der Waals surface area contributed by atoms with Gasteiger partial charge >= 0.3 is 0 Å². The average Bonchev–Trinajstić information content (AvgIpc) is 2.49. The van der Waals surface area contributed by atoms with Crippen LogP contribution in [0.15, 0.2) is 36.5 Å². The lowest BCUT2D eigenvalue weighted by Crippen LogP contribution is -2.40. The van der Waals surface area contributed by atoms with Gasteiger partial charge in [0.15, 0.2) is 0 Å². The zero-order chi connectivity index (χ0) is 18.6. The molecule has 2 aromatic rings. The summed E-state index contributed by atoms with van der Waals surface area (Å²) < 4.78 is 0. The molecule has 2 N–H and O–H groups in total. The van der Waals surface area contributed by atoms with Gasteiger partial charge in [-0.05, 0) is 56.7 Å². The zero-order valence-electron chi connectivity index (χ0n) is 14.5. The van der Waals surface area contributed by atoms with E-state index in [2.05, 4.69) is 10.3 Å². The van der Waals surface area contributed by atoms with E-state index >= 15 is 0 Å². The number of halogens is 1. The van der Waals surface area contributed by atoms with E-state index < -0.39 is 0 Å². The van der Waals surface area contributed by atoms with Crippen molar-refractivity contribution in [3.05, 3.63) is 58.4 Å². The first kappa shape index (κ1) is 18.9. The summed E-state index contributed by atoms with van der Waals surface area (Å²) in [6.45, 7) is 5.65. The number of nitrogens with zero attached hydrogens (tertiary/aromatic N) is 1. The van der Waals surface area contributed by atoms with E-state index in [1.54, 1.807) is 24.3 Å². The predicted octanol–water partition coefficient (Wildman–Crippen LogP) is 3.32. The number of carbonyl (C=O) groups excluding carboxylic acids is 2. The van der Waals surface area contributed by atoms with Crippen LogP contribution in [0, 0.1) is 0 Å². The molecule has 5 nitrogen and oxygen atoms in total. The fourth-order valence-electron chi connectivity index (χ4n) is 2.31. The number of pyridine rings is 1. The molecule has 0 aliphatic rings. The van der Waals surface area contributed by atoms with Gasteiger partial charge < -0.3 is 10.4 Å². The molecular formula is C19H21ClN2O3. The highest BCUT2D eigenvalue weighted by Crippen LogP contribution is 2.22. The molecule has 0 atom stereocenters. The van der Waals surface area contributed by atoms with Crippen molar-refractivity contribution >= 4 is 23.3 Å². The molecule has 0 spiro atoms. The number of ketones is 1. The highest BCUT2D eigenvalue weighted by molar-refractivity contribution is 6.30. The lowest BCUT2D eigenvalue weighted by Gasteiger charge is -2.20. The molecule has 0 radical (unpaired) electrons. The largest absolute Gasteiger partial charge is 0.508 e. The number of phenols is 1. The quantitative estimate of drug-likeness (QED) is 0.857. The van der Waals surface area contributed by atoms with Crippen LogP contribution in [0.25, 0.3) is 0 Å². The van der Waals surface area contributed by atoms with E-state index in [0.717, 1.165) is 0 Å². The molecule has 132 valence electrons. The molecule has 0 aliphatic carbocycles. The fraction of sp³-hybridized carbons (Fsp3) is 0.316. The molecule has 0 saturated heterocycles. The standard InChI is InChI=1S/C19H21ClN2O3/c1-19(2,3)22-18(25)16-9-12(6-7-21-16)8-15(23)11-13-10-14(20)4-5-17(13)24/h4-7,9-10,24H,8,11H2,1-3H3,(H,22,25). The molecule has 1 aromatic carbocycles. The Labute approximate surface area is 152 Å². The monoisotopic (exact) mass is 360 g/mol. The Bertz CT molecular complexity index is 797. The predicted molar refractivity (Wildman–Crippen MR) is 97.0 cm³/mol. The lowest BCUT2D eigenvalue weighted by molar-refractivity contribution is -0.117. The van der Waals surface area contributed by atoms with Crippen LogP contribution in [0.1, 0.15) is 42.4 Å². The molecule has 1 heterocycles. The third-order valence-corrected chi connectivity index (χ3v) is 3.61. The Balaban J connectivity index is 2.07. The Kier molecular flexibility index (Phi) is 5.80. The number of benzene rings is 1. The Hall–Kier alpha value is -2.40. The number of phenolic OH excluding ortho intramolecular Hbond substituents is 1. The van der Waals surface area contributed by atoms with Gasteiger partial charge in [0, 0.05) is 35.2 Å². The summed E-state index contributed by atoms with van der Waals surface area (Å²) in [6, 6.07) is 7.91. The Morgan fingerprint density at radius 3 is 2.56 bits per heavy atom. The first-order valence-corrected chi connectivity index (χ1v) is 8.28. The van der Waals surface area contributed by atoms with Gasteiger partial charge in [0.2, 0.25) is 0 Å². The van der Waals surface area contributed by atoms with Gasteiger partial charge in [0.1, 0.15) is 17.2 Å². The smallest absolute Gasteiger partial charge is 0.270 e. The summed E-state index contributed by atoms with van der Waals surface area (Å²) in [5, 5.41) is 13.1. The van der Waals surface area contributed by atoms with Gasteiger partial charge in [-0.25, -0.2) is 0 Å². The third kappa shape index (κ3) is 5.87. The van der Waals surface area contributed by atoms with E-state index in [1.807, 2.05) is 20.8 Å². The molecule has 25 heavy (non-hydrogen) atoms. The number of amides is 1. The second-order valence-electron chi connectivity index (χ2n) is 6.92. The number of rotatable bonds is 5. The lowest BCUT2D eigenvalue weighted by atomic mass is 10.0. The van der Waals surface area contributed by atoms with E-state index in [4.69, 9.17) is 11.6 Å². The van der Waals surface area contributed by atoms with Gasteiger partial charge in [0.05, 0.1) is 0 Å². The summed E-state index contributed by atoms with van der Waals surface area (Å²) in [4.78, 5) is 28.5. The molecule has 0 bridgehead atoms. The van der Waals surface area contributed by atoms with Crippen molar-refractivity contribution in [3.63, 3.8) is 0 Å². The van der Waals surface area contributed by atoms with Crippen LogP contribution in [-0.2, 0) is 17.6 Å². The van der Waals surface area contributed by atoms with Crippen LogP contribution >= 0.6 is 11.6 Å². The summed E-state index contributed by atoms with van der Waals surface area (Å²) >= 11 is 5.89. The minimum Gasteiger partial charge on any atom is -0.508 e. The molecule has 0 aliphatic heterocycles. The van der Waals surface area contributed by atoms with Crippen molar-refractivity contribution < 1.29 is 14.7 Å². The Morgan fingerprint density at radius 2 is 1.88 bits per heavy atom. The highest BCUT2D eigenvalue weighted by atomic mass is 35.5. The molecule has 1 aromatic heterocycles. The van der Waals surface area contributed by atoms with E-state index in [9.17, 15) is 14.7 Å². The maximum absolute atomic E-state index is 12.3. The Morgan fingerprint density at radius 1 is 1.16 bits per heavy atom. The van der Waals surface area contributed by atoms with E-state index in [-0.39, 0.29) is 41.5 Å². The van der Waals surface area contributed by atoms with Crippen LogP contribution in [0.5, 0.6) is 5.75 Å². The van der Waals surface area contributed by atoms with Gasteiger partial charge in [-0.3, -0.25) is 14.6 Å². The molecular weight excluding hydrogens is 340 g/mol. The fourth-order valence-corrected chi connectivity index (χ4v) is 2.51. The maximum atomic E-state index is 12.3. The van der Waals surface area contributed by atoms with Gasteiger partial charge in [-0.2, -0.15) is 0 Å². The third-order valence-electron chi connectivity index (χ3n) is 3.38. The number of aromatic nitrogens is 1. The van der Waals surface area contributed by atoms with Crippen LogP contribution in [0.3, 0.4) is 0 Å². The number of aromatic hydroxyl groups is 1. The van der Waals surface area contributed by atoms with E-state index in [0.29, 0.717) is 16.1 Å². The SMILES string of the molecule is CC(C)(C)NC(=O)c1cc(CC(=O)Cc2cc(Cl)ccc2O)ccn1. The van der Waals surface area contributed by atoms with Crippen molar-refractivity contribution in [2.24, 2.45) is 0 Å². The first-order chi connectivity index (χ1) is 11.6. The van der Waals surface area contributed by atoms with Crippen molar-refractivity contribution in [1.29, 1.82) is 0 Å². The molecule has 1 amide bonds. The zero-order valence-corrected chi connectivity index (χ0v) is 15.2. The van der Waals surface area contributed by atoms with Crippen LogP contribution < -0.4 is 5.32 Å².